The van der Waals surface area contributed by atoms with Crippen molar-refractivity contribution in [2.24, 2.45) is 18.7 Å². The maximum Gasteiger partial charge on any atom is 0.0768 e. The molecular formula is C11H19BrN4S. The van der Waals surface area contributed by atoms with Crippen LogP contribution in [-0.4, -0.2) is 33.3 Å². The zero-order chi connectivity index (χ0) is 13.2. The van der Waals surface area contributed by atoms with Crippen molar-refractivity contribution < 1.29 is 0 Å². The van der Waals surface area contributed by atoms with Gasteiger partial charge >= 0.3 is 0 Å². The second kappa shape index (κ2) is 5.93. The van der Waals surface area contributed by atoms with Gasteiger partial charge in [-0.05, 0) is 29.9 Å². The predicted octanol–water partition coefficient (Wildman–Crippen LogP) is 1.85. The van der Waals surface area contributed by atoms with Crippen LogP contribution in [0.5, 0.6) is 0 Å². The topological polar surface area (TPSA) is 47.1 Å². The number of nitrogens with zero attached hydrogens (tertiary/aromatic N) is 3. The Morgan fingerprint density at radius 2 is 2.24 bits per heavy atom. The van der Waals surface area contributed by atoms with E-state index < -0.39 is 0 Å². The van der Waals surface area contributed by atoms with E-state index in [1.54, 1.807) is 0 Å². The first-order valence-corrected chi connectivity index (χ1v) is 6.68. The van der Waals surface area contributed by atoms with Crippen LogP contribution in [0, 0.1) is 12.8 Å². The fourth-order valence-electron chi connectivity index (χ4n) is 1.73. The lowest BCUT2D eigenvalue weighted by Crippen LogP contribution is -2.31. The van der Waals surface area contributed by atoms with Crippen LogP contribution in [-0.2, 0) is 13.6 Å². The Morgan fingerprint density at radius 1 is 1.65 bits per heavy atom. The third-order valence-corrected chi connectivity index (χ3v) is 4.19. The molecule has 1 atom stereocenters. The van der Waals surface area contributed by atoms with Crippen molar-refractivity contribution in [1.29, 1.82) is 0 Å². The zero-order valence-electron chi connectivity index (χ0n) is 10.7. The molecule has 1 aromatic heterocycles. The minimum Gasteiger partial charge on any atom is -0.393 e. The van der Waals surface area contributed by atoms with Crippen molar-refractivity contribution in [2.45, 2.75) is 20.4 Å². The molecule has 0 aliphatic rings. The molecule has 0 saturated heterocycles. The van der Waals surface area contributed by atoms with E-state index in [1.165, 1.54) is 5.69 Å². The molecule has 6 heteroatoms. The average Bonchev–Trinajstić information content (AvgIpc) is 2.45. The Morgan fingerprint density at radius 3 is 2.65 bits per heavy atom. The van der Waals surface area contributed by atoms with Crippen LogP contribution in [0.3, 0.4) is 0 Å². The molecule has 0 aliphatic carbocycles. The second-order valence-corrected chi connectivity index (χ2v) is 5.73. The molecule has 96 valence electrons. The van der Waals surface area contributed by atoms with Gasteiger partial charge in [0.1, 0.15) is 0 Å². The number of rotatable bonds is 5. The van der Waals surface area contributed by atoms with Crippen LogP contribution < -0.4 is 5.73 Å². The summed E-state index contributed by atoms with van der Waals surface area (Å²) in [5.41, 5.74) is 7.80. The number of thiocarbonyl (C=S) groups is 1. The largest absolute Gasteiger partial charge is 0.393 e. The van der Waals surface area contributed by atoms with Gasteiger partial charge in [-0.2, -0.15) is 5.10 Å². The lowest BCUT2D eigenvalue weighted by atomic mass is 10.1. The molecule has 1 rings (SSSR count). The summed E-state index contributed by atoms with van der Waals surface area (Å²) in [7, 11) is 4.02. The molecule has 0 amide bonds. The van der Waals surface area contributed by atoms with Crippen LogP contribution in [0.2, 0.25) is 0 Å². The molecule has 0 aromatic carbocycles. The van der Waals surface area contributed by atoms with Crippen LogP contribution in [0.25, 0.3) is 0 Å². The van der Waals surface area contributed by atoms with E-state index in [0.717, 1.165) is 23.3 Å². The van der Waals surface area contributed by atoms with E-state index >= 15 is 0 Å². The molecule has 0 radical (unpaired) electrons. The van der Waals surface area contributed by atoms with Gasteiger partial charge in [0.25, 0.3) is 0 Å². The van der Waals surface area contributed by atoms with Gasteiger partial charge in [0.15, 0.2) is 0 Å². The van der Waals surface area contributed by atoms with Crippen LogP contribution in [0.15, 0.2) is 4.47 Å². The summed E-state index contributed by atoms with van der Waals surface area (Å²) in [6, 6.07) is 0. The summed E-state index contributed by atoms with van der Waals surface area (Å²) >= 11 is 8.55. The fraction of sp³-hybridized carbons (Fsp3) is 0.636. The normalized spacial score (nSPS) is 13.1. The molecule has 0 saturated carbocycles. The van der Waals surface area contributed by atoms with Gasteiger partial charge in [0.05, 0.1) is 20.8 Å². The molecule has 17 heavy (non-hydrogen) atoms. The summed E-state index contributed by atoms with van der Waals surface area (Å²) in [6.07, 6.45) is 0. The molecule has 1 aromatic rings. The van der Waals surface area contributed by atoms with Gasteiger partial charge in [-0.3, -0.25) is 9.58 Å². The Kier molecular flexibility index (Phi) is 5.09. The number of halogens is 1. The first-order chi connectivity index (χ1) is 7.82. The van der Waals surface area contributed by atoms with E-state index in [2.05, 4.69) is 33.0 Å². The quantitative estimate of drug-likeness (QED) is 0.842. The zero-order valence-corrected chi connectivity index (χ0v) is 13.1. The van der Waals surface area contributed by atoms with Gasteiger partial charge in [0.2, 0.25) is 0 Å². The van der Waals surface area contributed by atoms with E-state index in [-0.39, 0.29) is 5.92 Å². The molecule has 1 unspecified atom stereocenters. The maximum atomic E-state index is 5.62. The van der Waals surface area contributed by atoms with Crippen molar-refractivity contribution in [3.05, 3.63) is 15.9 Å². The molecule has 2 N–H and O–H groups in total. The molecular weight excluding hydrogens is 300 g/mol. The van der Waals surface area contributed by atoms with E-state index in [0.29, 0.717) is 4.99 Å². The van der Waals surface area contributed by atoms with E-state index in [9.17, 15) is 0 Å². The predicted molar refractivity (Wildman–Crippen MR) is 77.9 cm³/mol. The Labute approximate surface area is 116 Å². The summed E-state index contributed by atoms with van der Waals surface area (Å²) in [6.45, 7) is 5.71. The summed E-state index contributed by atoms with van der Waals surface area (Å²) < 4.78 is 2.98. The third kappa shape index (κ3) is 3.76. The second-order valence-electron chi connectivity index (χ2n) is 4.47. The minimum absolute atomic E-state index is 0.225. The molecule has 4 nitrogen and oxygen atoms in total. The maximum absolute atomic E-state index is 5.62. The number of aromatic nitrogens is 2. The first-order valence-electron chi connectivity index (χ1n) is 5.48. The van der Waals surface area contributed by atoms with Crippen LogP contribution in [0.1, 0.15) is 18.3 Å². The van der Waals surface area contributed by atoms with E-state index in [1.807, 2.05) is 25.6 Å². The van der Waals surface area contributed by atoms with Crippen LogP contribution in [0.4, 0.5) is 0 Å². The number of hydrogen-bond acceptors (Lipinski definition) is 3. The summed E-state index contributed by atoms with van der Waals surface area (Å²) in [5, 5.41) is 4.37. The number of aryl methyl sites for hydroxylation is 2. The SMILES string of the molecule is Cc1nn(C)c(CN(C)CC(C)C(N)=S)c1Br. The van der Waals surface area contributed by atoms with Crippen molar-refractivity contribution in [3.63, 3.8) is 0 Å². The van der Waals surface area contributed by atoms with Crippen molar-refractivity contribution in [3.8, 4) is 0 Å². The smallest absolute Gasteiger partial charge is 0.0768 e. The van der Waals surface area contributed by atoms with Gasteiger partial charge < -0.3 is 5.73 Å². The van der Waals surface area contributed by atoms with Crippen molar-refractivity contribution in [2.75, 3.05) is 13.6 Å². The van der Waals surface area contributed by atoms with Gasteiger partial charge in [0, 0.05) is 26.1 Å². The number of hydrogen-bond donors (Lipinski definition) is 1. The molecule has 0 aliphatic heterocycles. The van der Waals surface area contributed by atoms with Crippen molar-refractivity contribution >= 4 is 33.1 Å². The Bertz CT molecular complexity index is 416. The molecule has 0 fully saturated rings. The first kappa shape index (κ1) is 14.6. The fourth-order valence-corrected chi connectivity index (χ4v) is 2.27. The van der Waals surface area contributed by atoms with Gasteiger partial charge in [-0.15, -0.1) is 0 Å². The average molecular weight is 319 g/mol. The lowest BCUT2D eigenvalue weighted by Gasteiger charge is -2.20. The third-order valence-electron chi connectivity index (χ3n) is 2.75. The highest BCUT2D eigenvalue weighted by Gasteiger charge is 2.14. The monoisotopic (exact) mass is 318 g/mol. The summed E-state index contributed by atoms with van der Waals surface area (Å²) in [5.74, 6) is 0.225. The van der Waals surface area contributed by atoms with Crippen LogP contribution >= 0.6 is 28.1 Å². The number of nitrogens with two attached hydrogens (primary N) is 1. The standard InChI is InChI=1S/C11H19BrN4S/c1-7(11(13)17)5-15(3)6-9-10(12)8(2)14-16(9)4/h7H,5-6H2,1-4H3,(H2,13,17). The minimum atomic E-state index is 0.225. The molecule has 0 spiro atoms. The van der Waals surface area contributed by atoms with Gasteiger partial charge in [-0.25, -0.2) is 0 Å². The Hall–Kier alpha value is -0.460. The van der Waals surface area contributed by atoms with Crippen molar-refractivity contribution in [1.82, 2.24) is 14.7 Å². The highest BCUT2D eigenvalue weighted by atomic mass is 79.9. The van der Waals surface area contributed by atoms with E-state index in [4.69, 9.17) is 18.0 Å². The highest BCUT2D eigenvalue weighted by Crippen LogP contribution is 2.21. The summed E-state index contributed by atoms with van der Waals surface area (Å²) in [4.78, 5) is 2.77. The molecule has 1 heterocycles. The Balaban J connectivity index is 2.68. The highest BCUT2D eigenvalue weighted by molar-refractivity contribution is 9.10. The van der Waals surface area contributed by atoms with Gasteiger partial charge in [-0.1, -0.05) is 19.1 Å². The molecule has 0 bridgehead atoms. The lowest BCUT2D eigenvalue weighted by molar-refractivity contribution is 0.299.